The van der Waals surface area contributed by atoms with Crippen molar-refractivity contribution in [3.63, 3.8) is 0 Å². The van der Waals surface area contributed by atoms with Crippen LogP contribution in [0.2, 0.25) is 0 Å². The summed E-state index contributed by atoms with van der Waals surface area (Å²) >= 11 is 0. The van der Waals surface area contributed by atoms with Crippen LogP contribution in [0, 0.1) is 0 Å². The predicted molar refractivity (Wildman–Crippen MR) is 66.4 cm³/mol. The number of rotatable bonds is 9. The van der Waals surface area contributed by atoms with Gasteiger partial charge in [-0.25, -0.2) is 13.1 Å². The number of carbonyl (C=O) groups is 1. The maximum absolute atomic E-state index is 11.1. The van der Waals surface area contributed by atoms with Gasteiger partial charge in [0.05, 0.1) is 0 Å². The van der Waals surface area contributed by atoms with Crippen LogP contribution >= 0.6 is 0 Å². The van der Waals surface area contributed by atoms with Crippen molar-refractivity contribution in [3.05, 3.63) is 0 Å². The van der Waals surface area contributed by atoms with Gasteiger partial charge < -0.3 is 10.0 Å². The second-order valence-corrected chi connectivity index (χ2v) is 6.14. The van der Waals surface area contributed by atoms with Crippen molar-refractivity contribution < 1.29 is 18.3 Å². The monoisotopic (exact) mass is 266 g/mol. The number of carboxylic acid groups (broad SMARTS) is 1. The zero-order valence-electron chi connectivity index (χ0n) is 10.6. The number of carboxylic acids is 1. The maximum atomic E-state index is 11.1. The van der Waals surface area contributed by atoms with E-state index in [9.17, 15) is 13.2 Å². The number of nitrogens with zero attached hydrogens (tertiary/aromatic N) is 1. The fourth-order valence-electron chi connectivity index (χ4n) is 1.19. The number of nitrogens with one attached hydrogen (secondary N) is 1. The summed E-state index contributed by atoms with van der Waals surface area (Å²) in [5, 5.41) is 8.36. The van der Waals surface area contributed by atoms with Gasteiger partial charge in [-0.15, -0.1) is 0 Å². The highest BCUT2D eigenvalue weighted by atomic mass is 32.2. The molecular weight excluding hydrogens is 244 g/mol. The molecule has 0 heterocycles. The van der Waals surface area contributed by atoms with Gasteiger partial charge in [-0.1, -0.05) is 0 Å². The van der Waals surface area contributed by atoms with E-state index in [4.69, 9.17) is 5.11 Å². The lowest BCUT2D eigenvalue weighted by molar-refractivity contribution is -0.134. The Morgan fingerprint density at radius 2 is 1.94 bits per heavy atom. The van der Waals surface area contributed by atoms with Gasteiger partial charge in [-0.3, -0.25) is 4.79 Å². The first-order valence-corrected chi connectivity index (χ1v) is 7.29. The zero-order valence-corrected chi connectivity index (χ0v) is 11.5. The summed E-state index contributed by atoms with van der Waals surface area (Å²) in [5.74, 6) is -2.20. The van der Waals surface area contributed by atoms with Gasteiger partial charge >= 0.3 is 5.97 Å². The Morgan fingerprint density at radius 1 is 1.35 bits per heavy atom. The van der Waals surface area contributed by atoms with E-state index in [-0.39, 0.29) is 0 Å². The van der Waals surface area contributed by atoms with E-state index >= 15 is 0 Å². The minimum absolute atomic E-state index is 0.293. The van der Waals surface area contributed by atoms with Gasteiger partial charge in [-0.05, 0) is 40.3 Å². The Kier molecular flexibility index (Phi) is 7.33. The smallest absolute Gasteiger partial charge is 0.320 e. The highest BCUT2D eigenvalue weighted by molar-refractivity contribution is 7.90. The lowest BCUT2D eigenvalue weighted by Crippen LogP contribution is -2.31. The lowest BCUT2D eigenvalue weighted by Gasteiger charge is -2.20. The lowest BCUT2D eigenvalue weighted by atomic mass is 10.2. The van der Waals surface area contributed by atoms with E-state index in [0.717, 1.165) is 13.0 Å². The number of unbranched alkanes of at least 4 members (excludes halogenated alkanes) is 1. The molecule has 7 heteroatoms. The Labute approximate surface area is 103 Å². The highest BCUT2D eigenvalue weighted by Crippen LogP contribution is 1.97. The number of hydrogen-bond acceptors (Lipinski definition) is 4. The first kappa shape index (κ1) is 16.3. The van der Waals surface area contributed by atoms with Crippen molar-refractivity contribution in [3.8, 4) is 0 Å². The highest BCUT2D eigenvalue weighted by Gasteiger charge is 2.14. The third kappa shape index (κ3) is 9.08. The first-order chi connectivity index (χ1) is 7.74. The van der Waals surface area contributed by atoms with Crippen molar-refractivity contribution in [1.29, 1.82) is 0 Å². The van der Waals surface area contributed by atoms with Gasteiger partial charge in [0.1, 0.15) is 0 Å². The van der Waals surface area contributed by atoms with Crippen LogP contribution in [0.15, 0.2) is 0 Å². The largest absolute Gasteiger partial charge is 0.480 e. The first-order valence-electron chi connectivity index (χ1n) is 5.64. The standard InChI is InChI=1S/C10H22N2O4S/c1-9(2)12(3)7-5-4-6-11-17(15,16)8-10(13)14/h9,11H,4-8H2,1-3H3,(H,13,14). The SMILES string of the molecule is CC(C)N(C)CCCCNS(=O)(=O)CC(=O)O. The summed E-state index contributed by atoms with van der Waals surface area (Å²) in [6.07, 6.45) is 1.58. The summed E-state index contributed by atoms with van der Waals surface area (Å²) in [4.78, 5) is 12.4. The molecule has 0 amide bonds. The van der Waals surface area contributed by atoms with Crippen LogP contribution in [-0.4, -0.2) is 56.3 Å². The van der Waals surface area contributed by atoms with Crippen LogP contribution in [0.3, 0.4) is 0 Å². The molecule has 2 N–H and O–H groups in total. The van der Waals surface area contributed by atoms with Gasteiger partial charge in [-0.2, -0.15) is 0 Å². The molecule has 0 aliphatic rings. The third-order valence-corrected chi connectivity index (χ3v) is 3.73. The fourth-order valence-corrected chi connectivity index (χ4v) is 2.07. The van der Waals surface area contributed by atoms with Crippen molar-refractivity contribution >= 4 is 16.0 Å². The topological polar surface area (TPSA) is 86.7 Å². The quantitative estimate of drug-likeness (QED) is 0.578. The summed E-state index contributed by atoms with van der Waals surface area (Å²) in [7, 11) is -1.65. The molecule has 0 unspecified atom stereocenters. The van der Waals surface area contributed by atoms with E-state index in [1.165, 1.54) is 0 Å². The molecule has 0 rings (SSSR count). The Balaban J connectivity index is 3.68. The minimum Gasteiger partial charge on any atom is -0.480 e. The normalized spacial score (nSPS) is 12.3. The molecule has 6 nitrogen and oxygen atoms in total. The van der Waals surface area contributed by atoms with Crippen molar-refractivity contribution in [2.24, 2.45) is 0 Å². The maximum Gasteiger partial charge on any atom is 0.320 e. The molecule has 0 aromatic carbocycles. The molecule has 102 valence electrons. The molecule has 0 aromatic rings. The zero-order chi connectivity index (χ0) is 13.5. The predicted octanol–water partition coefficient (Wildman–Crippen LogP) is 0.111. The molecule has 0 aromatic heterocycles. The number of hydrogen-bond donors (Lipinski definition) is 2. The summed E-state index contributed by atoms with van der Waals surface area (Å²) in [5.41, 5.74) is 0. The van der Waals surface area contributed by atoms with Crippen LogP contribution in [0.4, 0.5) is 0 Å². The minimum atomic E-state index is -3.66. The van der Waals surface area contributed by atoms with E-state index in [2.05, 4.69) is 23.5 Å². The average Bonchev–Trinajstić information content (AvgIpc) is 2.14. The van der Waals surface area contributed by atoms with Gasteiger partial charge in [0, 0.05) is 12.6 Å². The van der Waals surface area contributed by atoms with Crippen LogP contribution < -0.4 is 4.72 Å². The van der Waals surface area contributed by atoms with E-state index in [1.54, 1.807) is 0 Å². The van der Waals surface area contributed by atoms with Crippen LogP contribution in [0.5, 0.6) is 0 Å². The molecular formula is C10H22N2O4S. The van der Waals surface area contributed by atoms with Crippen molar-refractivity contribution in [1.82, 2.24) is 9.62 Å². The Hall–Kier alpha value is -0.660. The average molecular weight is 266 g/mol. The second-order valence-electron chi connectivity index (χ2n) is 4.33. The summed E-state index contributed by atoms with van der Waals surface area (Å²) < 4.78 is 24.6. The van der Waals surface area contributed by atoms with Crippen LogP contribution in [0.25, 0.3) is 0 Å². The molecule has 0 fully saturated rings. The molecule has 0 aliphatic carbocycles. The van der Waals surface area contributed by atoms with E-state index in [0.29, 0.717) is 19.0 Å². The van der Waals surface area contributed by atoms with Gasteiger partial charge in [0.25, 0.3) is 0 Å². The molecule has 0 saturated heterocycles. The summed E-state index contributed by atoms with van der Waals surface area (Å²) in [6, 6.07) is 0.471. The van der Waals surface area contributed by atoms with Crippen molar-refractivity contribution in [2.75, 3.05) is 25.9 Å². The number of sulfonamides is 1. The molecule has 0 radical (unpaired) electrons. The fraction of sp³-hybridized carbons (Fsp3) is 0.900. The van der Waals surface area contributed by atoms with E-state index < -0.39 is 21.7 Å². The third-order valence-electron chi connectivity index (χ3n) is 2.45. The molecule has 17 heavy (non-hydrogen) atoms. The molecule has 0 spiro atoms. The molecule has 0 atom stereocenters. The van der Waals surface area contributed by atoms with Crippen LogP contribution in [0.1, 0.15) is 26.7 Å². The molecule has 0 aliphatic heterocycles. The Morgan fingerprint density at radius 3 is 2.41 bits per heavy atom. The molecule has 0 bridgehead atoms. The van der Waals surface area contributed by atoms with Crippen LogP contribution in [-0.2, 0) is 14.8 Å². The summed E-state index contributed by atoms with van der Waals surface area (Å²) in [6.45, 7) is 5.38. The van der Waals surface area contributed by atoms with Gasteiger partial charge in [0.15, 0.2) is 5.75 Å². The van der Waals surface area contributed by atoms with Crippen molar-refractivity contribution in [2.45, 2.75) is 32.7 Å². The Bertz CT molecular complexity index is 327. The second kappa shape index (κ2) is 7.62. The molecule has 0 saturated carbocycles. The van der Waals surface area contributed by atoms with Gasteiger partial charge in [0.2, 0.25) is 10.0 Å². The number of aliphatic carboxylic acids is 1. The van der Waals surface area contributed by atoms with E-state index in [1.807, 2.05) is 7.05 Å².